The summed E-state index contributed by atoms with van der Waals surface area (Å²) >= 11 is 5.90. The molecule has 0 aliphatic heterocycles. The third-order valence-corrected chi connectivity index (χ3v) is 5.11. The van der Waals surface area contributed by atoms with Crippen LogP contribution in [0.5, 0.6) is 23.1 Å². The molecule has 1 heterocycles. The number of carboxylic acids is 2. The van der Waals surface area contributed by atoms with Gasteiger partial charge in [-0.05, 0) is 66.7 Å². The fraction of sp³-hybridized carbons (Fsp3) is 0. The summed E-state index contributed by atoms with van der Waals surface area (Å²) in [5.41, 5.74) is -0.369. The summed E-state index contributed by atoms with van der Waals surface area (Å²) in [5, 5.41) is 21.8. The minimum atomic E-state index is -1.41. The number of carbonyl (C=O) groups excluding carboxylic acids is 1. The second-order valence-electron chi connectivity index (χ2n) is 7.28. The largest absolute Gasteiger partial charge is 0.478 e. The molecule has 4 aromatic rings. The maximum absolute atomic E-state index is 13.1. The highest BCUT2D eigenvalue weighted by Crippen LogP contribution is 2.32. The lowest BCUT2D eigenvalue weighted by Crippen LogP contribution is -2.14. The maximum atomic E-state index is 13.1. The van der Waals surface area contributed by atoms with E-state index in [9.17, 15) is 24.6 Å². The molecule has 0 atom stereocenters. The first-order valence-corrected chi connectivity index (χ1v) is 10.8. The molecular formula is C26H17ClN2O7. The van der Waals surface area contributed by atoms with Crippen molar-refractivity contribution in [2.75, 3.05) is 5.32 Å². The van der Waals surface area contributed by atoms with Gasteiger partial charge in [-0.25, -0.2) is 14.6 Å². The monoisotopic (exact) mass is 504 g/mol. The molecule has 180 valence electrons. The number of hydrogen-bond donors (Lipinski definition) is 3. The van der Waals surface area contributed by atoms with Crippen LogP contribution < -0.4 is 14.8 Å². The summed E-state index contributed by atoms with van der Waals surface area (Å²) in [7, 11) is 0. The van der Waals surface area contributed by atoms with Gasteiger partial charge in [0.15, 0.2) is 5.75 Å². The molecule has 1 aromatic heterocycles. The molecule has 0 saturated carbocycles. The second kappa shape index (κ2) is 10.6. The molecule has 0 aliphatic rings. The predicted molar refractivity (Wildman–Crippen MR) is 131 cm³/mol. The van der Waals surface area contributed by atoms with Gasteiger partial charge in [-0.1, -0.05) is 23.7 Å². The Hall–Kier alpha value is -4.89. The average molecular weight is 505 g/mol. The number of aromatic carboxylic acids is 2. The Labute approximate surface area is 209 Å². The number of ether oxygens (including phenoxy) is 2. The fourth-order valence-electron chi connectivity index (χ4n) is 3.19. The van der Waals surface area contributed by atoms with Gasteiger partial charge in [-0.3, -0.25) is 4.79 Å². The van der Waals surface area contributed by atoms with E-state index in [1.165, 1.54) is 12.3 Å². The van der Waals surface area contributed by atoms with Crippen molar-refractivity contribution in [3.8, 4) is 23.1 Å². The van der Waals surface area contributed by atoms with Crippen LogP contribution in [0.1, 0.15) is 31.1 Å². The van der Waals surface area contributed by atoms with Gasteiger partial charge < -0.3 is 25.0 Å². The lowest BCUT2D eigenvalue weighted by molar-refractivity contribution is 0.0651. The van der Waals surface area contributed by atoms with Gasteiger partial charge >= 0.3 is 11.9 Å². The van der Waals surface area contributed by atoms with E-state index >= 15 is 0 Å². The zero-order valence-electron chi connectivity index (χ0n) is 18.3. The van der Waals surface area contributed by atoms with Crippen LogP contribution in [0.3, 0.4) is 0 Å². The Balaban J connectivity index is 1.58. The second-order valence-corrected chi connectivity index (χ2v) is 7.72. The molecule has 0 fully saturated rings. The zero-order valence-corrected chi connectivity index (χ0v) is 19.1. The number of nitrogens with one attached hydrogen (secondary N) is 1. The maximum Gasteiger partial charge on any atom is 0.336 e. The lowest BCUT2D eigenvalue weighted by Gasteiger charge is -2.14. The SMILES string of the molecule is O=C(O)c1ccc(Oc2ccccc2NC(=O)c2cccnc2Oc2ccc(Cl)cc2)cc1C(=O)O. The highest BCUT2D eigenvalue weighted by molar-refractivity contribution is 6.30. The molecule has 1 amide bonds. The average Bonchev–Trinajstić information content (AvgIpc) is 2.86. The number of carbonyl (C=O) groups is 3. The molecule has 0 aliphatic carbocycles. The Kier molecular flexibility index (Phi) is 7.12. The number of nitrogens with zero attached hydrogens (tertiary/aromatic N) is 1. The summed E-state index contributed by atoms with van der Waals surface area (Å²) in [6, 6.07) is 19.8. The lowest BCUT2D eigenvalue weighted by atomic mass is 10.1. The molecule has 0 bridgehead atoms. The van der Waals surface area contributed by atoms with Gasteiger partial charge in [-0.2, -0.15) is 0 Å². The number of aromatic nitrogens is 1. The van der Waals surface area contributed by atoms with E-state index < -0.39 is 23.4 Å². The number of rotatable bonds is 8. The number of benzene rings is 3. The summed E-state index contributed by atoms with van der Waals surface area (Å²) < 4.78 is 11.5. The minimum absolute atomic E-state index is 0.0751. The summed E-state index contributed by atoms with van der Waals surface area (Å²) in [5.74, 6) is -2.53. The molecule has 0 unspecified atom stereocenters. The third-order valence-electron chi connectivity index (χ3n) is 4.86. The van der Waals surface area contributed by atoms with Crippen molar-refractivity contribution in [1.82, 2.24) is 4.98 Å². The molecule has 9 nitrogen and oxygen atoms in total. The van der Waals surface area contributed by atoms with Crippen LogP contribution in [0.15, 0.2) is 85.1 Å². The molecule has 0 spiro atoms. The van der Waals surface area contributed by atoms with Crippen LogP contribution in [0.4, 0.5) is 5.69 Å². The van der Waals surface area contributed by atoms with E-state index in [-0.39, 0.29) is 34.2 Å². The Bertz CT molecular complexity index is 1460. The van der Waals surface area contributed by atoms with Crippen LogP contribution in [-0.4, -0.2) is 33.0 Å². The minimum Gasteiger partial charge on any atom is -0.478 e. The molecule has 4 rings (SSSR count). The number of halogens is 1. The van der Waals surface area contributed by atoms with Gasteiger partial charge in [0.1, 0.15) is 17.1 Å². The number of anilines is 1. The summed E-state index contributed by atoms with van der Waals surface area (Å²) in [4.78, 5) is 40.0. The van der Waals surface area contributed by atoms with Crippen molar-refractivity contribution in [2.24, 2.45) is 0 Å². The summed E-state index contributed by atoms with van der Waals surface area (Å²) in [6.45, 7) is 0. The van der Waals surface area contributed by atoms with Crippen molar-refractivity contribution in [1.29, 1.82) is 0 Å². The smallest absolute Gasteiger partial charge is 0.336 e. The van der Waals surface area contributed by atoms with Crippen molar-refractivity contribution < 1.29 is 34.1 Å². The quantitative estimate of drug-likeness (QED) is 0.267. The van der Waals surface area contributed by atoms with Gasteiger partial charge in [0.2, 0.25) is 5.88 Å². The van der Waals surface area contributed by atoms with Gasteiger partial charge in [0.05, 0.1) is 16.8 Å². The van der Waals surface area contributed by atoms with Crippen molar-refractivity contribution in [3.63, 3.8) is 0 Å². The first-order valence-electron chi connectivity index (χ1n) is 10.4. The first-order chi connectivity index (χ1) is 17.3. The normalized spacial score (nSPS) is 10.4. The topological polar surface area (TPSA) is 135 Å². The first kappa shape index (κ1) is 24.2. The Morgan fingerprint density at radius 2 is 1.44 bits per heavy atom. The fourth-order valence-corrected chi connectivity index (χ4v) is 3.31. The molecule has 0 radical (unpaired) electrons. The molecule has 36 heavy (non-hydrogen) atoms. The number of hydrogen-bond acceptors (Lipinski definition) is 6. The van der Waals surface area contributed by atoms with Crippen LogP contribution in [0, 0.1) is 0 Å². The highest BCUT2D eigenvalue weighted by atomic mass is 35.5. The van der Waals surface area contributed by atoms with Crippen LogP contribution in [0.25, 0.3) is 0 Å². The van der Waals surface area contributed by atoms with Gasteiger partial charge in [0, 0.05) is 11.2 Å². The van der Waals surface area contributed by atoms with Crippen LogP contribution in [-0.2, 0) is 0 Å². The Morgan fingerprint density at radius 3 is 2.17 bits per heavy atom. The van der Waals surface area contributed by atoms with E-state index in [0.717, 1.165) is 12.1 Å². The molecule has 3 N–H and O–H groups in total. The van der Waals surface area contributed by atoms with E-state index in [0.29, 0.717) is 10.8 Å². The van der Waals surface area contributed by atoms with Gasteiger partial charge in [-0.15, -0.1) is 0 Å². The third kappa shape index (κ3) is 5.60. The molecule has 0 saturated heterocycles. The number of para-hydroxylation sites is 2. The van der Waals surface area contributed by atoms with Crippen LogP contribution >= 0.6 is 11.6 Å². The van der Waals surface area contributed by atoms with Crippen molar-refractivity contribution in [3.05, 3.63) is 107 Å². The van der Waals surface area contributed by atoms with E-state index in [2.05, 4.69) is 10.3 Å². The van der Waals surface area contributed by atoms with Crippen molar-refractivity contribution in [2.45, 2.75) is 0 Å². The van der Waals surface area contributed by atoms with E-state index in [1.54, 1.807) is 60.7 Å². The molecule has 10 heteroatoms. The standard InChI is InChI=1S/C26H17ClN2O7/c27-15-7-9-16(10-8-15)36-24-19(4-3-13-28-24)23(30)29-21-5-1-2-6-22(21)35-17-11-12-18(25(31)32)20(14-17)26(33)34/h1-14H,(H,29,30)(H,31,32)(H,33,34). The highest BCUT2D eigenvalue weighted by Gasteiger charge is 2.19. The van der Waals surface area contributed by atoms with Crippen molar-refractivity contribution >= 4 is 35.1 Å². The zero-order chi connectivity index (χ0) is 25.7. The number of carboxylic acid groups (broad SMARTS) is 2. The summed E-state index contributed by atoms with van der Waals surface area (Å²) in [6.07, 6.45) is 1.49. The van der Waals surface area contributed by atoms with E-state index in [1.807, 2.05) is 0 Å². The molecular weight excluding hydrogens is 488 g/mol. The number of amides is 1. The molecule has 3 aromatic carbocycles. The van der Waals surface area contributed by atoms with E-state index in [4.69, 9.17) is 21.1 Å². The predicted octanol–water partition coefficient (Wildman–Crippen LogP) is 5.97. The Morgan fingerprint density at radius 1 is 0.750 bits per heavy atom. The number of pyridine rings is 1. The van der Waals surface area contributed by atoms with Crippen LogP contribution in [0.2, 0.25) is 5.02 Å². The van der Waals surface area contributed by atoms with Gasteiger partial charge in [0.25, 0.3) is 5.91 Å².